The number of alkyl halides is 5. The molecule has 176 valence electrons. The largest absolute Gasteiger partial charge is 0.463 e. The van der Waals surface area contributed by atoms with Crippen LogP contribution < -0.4 is 0 Å². The fourth-order valence-electron chi connectivity index (χ4n) is 4.11. The highest BCUT2D eigenvalue weighted by molar-refractivity contribution is 5.96. The van der Waals surface area contributed by atoms with E-state index in [1.165, 1.54) is 0 Å². The molecular weight excluding hydrogens is 443 g/mol. The molecule has 1 spiro atoms. The van der Waals surface area contributed by atoms with Crippen molar-refractivity contribution in [3.8, 4) is 0 Å². The number of halogens is 5. The topological polar surface area (TPSA) is 67.1 Å². The van der Waals surface area contributed by atoms with E-state index in [0.29, 0.717) is 19.6 Å². The van der Waals surface area contributed by atoms with Gasteiger partial charge >= 0.3 is 12.1 Å². The summed E-state index contributed by atoms with van der Waals surface area (Å²) in [4.78, 5) is 12.1. The van der Waals surface area contributed by atoms with Crippen LogP contribution in [0.2, 0.25) is 0 Å². The van der Waals surface area contributed by atoms with E-state index in [-0.39, 0.29) is 29.6 Å². The van der Waals surface area contributed by atoms with Crippen molar-refractivity contribution in [2.45, 2.75) is 49.7 Å². The normalized spacial score (nSPS) is 21.4. The standard InChI is InChI=1S/C21H21F5O6/c1-28-18(27)17-13(14-10-12(21(24,25)26)2-3-15(14)32-17)4-5-20(22,23)16-11-19(6-7-29-16)30-8-9-31-19/h2-3,10,16H,4-9,11H2,1H3. The zero-order chi connectivity index (χ0) is 23.1. The molecule has 1 aromatic heterocycles. The highest BCUT2D eigenvalue weighted by Gasteiger charge is 2.51. The first-order valence-corrected chi connectivity index (χ1v) is 10.0. The van der Waals surface area contributed by atoms with Crippen molar-refractivity contribution in [1.29, 1.82) is 0 Å². The Morgan fingerprint density at radius 1 is 1.16 bits per heavy atom. The van der Waals surface area contributed by atoms with Gasteiger partial charge in [0.05, 0.1) is 32.5 Å². The average Bonchev–Trinajstić information content (AvgIpc) is 3.35. The lowest BCUT2D eigenvalue weighted by Gasteiger charge is -2.39. The molecule has 32 heavy (non-hydrogen) atoms. The van der Waals surface area contributed by atoms with E-state index in [1.54, 1.807) is 0 Å². The van der Waals surface area contributed by atoms with Gasteiger partial charge in [0.1, 0.15) is 11.7 Å². The minimum atomic E-state index is -4.65. The van der Waals surface area contributed by atoms with Crippen molar-refractivity contribution < 1.29 is 50.1 Å². The number of fused-ring (bicyclic) bond motifs is 1. The predicted molar refractivity (Wildman–Crippen MR) is 99.4 cm³/mol. The Balaban J connectivity index is 1.61. The van der Waals surface area contributed by atoms with Crippen molar-refractivity contribution in [3.05, 3.63) is 35.1 Å². The molecule has 2 aliphatic rings. The third-order valence-electron chi connectivity index (χ3n) is 5.78. The lowest BCUT2D eigenvalue weighted by atomic mass is 9.93. The van der Waals surface area contributed by atoms with Crippen LogP contribution >= 0.6 is 0 Å². The van der Waals surface area contributed by atoms with Crippen LogP contribution in [0, 0.1) is 0 Å². The number of aryl methyl sites for hydroxylation is 1. The molecule has 0 bridgehead atoms. The number of methoxy groups -OCH3 is 1. The van der Waals surface area contributed by atoms with Gasteiger partial charge in [-0.2, -0.15) is 13.2 Å². The molecule has 3 heterocycles. The summed E-state index contributed by atoms with van der Waals surface area (Å²) >= 11 is 0. The Kier molecular flexibility index (Phi) is 5.93. The molecule has 1 unspecified atom stereocenters. The van der Waals surface area contributed by atoms with E-state index in [2.05, 4.69) is 4.74 Å². The maximum absolute atomic E-state index is 15.1. The predicted octanol–water partition coefficient (Wildman–Crippen LogP) is 4.73. The van der Waals surface area contributed by atoms with Gasteiger partial charge in [-0.05, 0) is 24.6 Å². The number of ether oxygens (including phenoxy) is 4. The lowest BCUT2D eigenvalue weighted by molar-refractivity contribution is -0.258. The maximum Gasteiger partial charge on any atom is 0.416 e. The van der Waals surface area contributed by atoms with Gasteiger partial charge in [-0.25, -0.2) is 13.6 Å². The Morgan fingerprint density at radius 2 is 1.88 bits per heavy atom. The van der Waals surface area contributed by atoms with Gasteiger partial charge in [0.2, 0.25) is 5.76 Å². The van der Waals surface area contributed by atoms with Crippen molar-refractivity contribution >= 4 is 16.9 Å². The second-order valence-electron chi connectivity index (χ2n) is 7.79. The van der Waals surface area contributed by atoms with Gasteiger partial charge in [0.15, 0.2) is 5.79 Å². The molecule has 2 fully saturated rings. The Morgan fingerprint density at radius 3 is 2.53 bits per heavy atom. The summed E-state index contributed by atoms with van der Waals surface area (Å²) in [6, 6.07) is 2.63. The molecule has 2 saturated heterocycles. The molecule has 0 saturated carbocycles. The van der Waals surface area contributed by atoms with Crippen LogP contribution in [0.5, 0.6) is 0 Å². The van der Waals surface area contributed by atoms with Crippen LogP contribution in [0.15, 0.2) is 22.6 Å². The molecule has 6 nitrogen and oxygen atoms in total. The second-order valence-corrected chi connectivity index (χ2v) is 7.79. The molecule has 11 heteroatoms. The molecule has 4 rings (SSSR count). The second kappa shape index (κ2) is 8.27. The Labute approximate surface area is 179 Å². The van der Waals surface area contributed by atoms with Gasteiger partial charge in [-0.3, -0.25) is 0 Å². The highest BCUT2D eigenvalue weighted by atomic mass is 19.4. The fraction of sp³-hybridized carbons (Fsp3) is 0.571. The van der Waals surface area contributed by atoms with Gasteiger partial charge < -0.3 is 23.4 Å². The number of benzene rings is 1. The van der Waals surface area contributed by atoms with E-state index in [9.17, 15) is 18.0 Å². The van der Waals surface area contributed by atoms with Crippen molar-refractivity contribution in [3.63, 3.8) is 0 Å². The third kappa shape index (κ3) is 4.33. The number of hydrogen-bond donors (Lipinski definition) is 0. The molecule has 0 N–H and O–H groups in total. The number of carbonyl (C=O) groups excluding carboxylic acids is 1. The Hall–Kier alpha value is -2.24. The monoisotopic (exact) mass is 464 g/mol. The van der Waals surface area contributed by atoms with Crippen LogP contribution in [0.25, 0.3) is 11.0 Å². The van der Waals surface area contributed by atoms with Gasteiger partial charge in [0.25, 0.3) is 5.92 Å². The lowest BCUT2D eigenvalue weighted by Crippen LogP contribution is -2.49. The molecule has 2 aromatic rings. The summed E-state index contributed by atoms with van der Waals surface area (Å²) < 4.78 is 95.8. The zero-order valence-corrected chi connectivity index (χ0v) is 17.1. The molecular formula is C21H21F5O6. The van der Waals surface area contributed by atoms with Crippen molar-refractivity contribution in [2.24, 2.45) is 0 Å². The summed E-state index contributed by atoms with van der Waals surface area (Å²) in [6.07, 6.45) is -7.21. The Bertz CT molecular complexity index is 992. The first kappa shape index (κ1) is 22.9. The van der Waals surface area contributed by atoms with Crippen LogP contribution in [-0.2, 0) is 31.5 Å². The van der Waals surface area contributed by atoms with Gasteiger partial charge in [-0.15, -0.1) is 0 Å². The van der Waals surface area contributed by atoms with E-state index in [1.807, 2.05) is 0 Å². The van der Waals surface area contributed by atoms with Gasteiger partial charge in [0, 0.05) is 30.2 Å². The third-order valence-corrected chi connectivity index (χ3v) is 5.78. The number of carbonyl (C=O) groups is 1. The quantitative estimate of drug-likeness (QED) is 0.471. The summed E-state index contributed by atoms with van der Waals surface area (Å²) in [5.41, 5.74) is -1.09. The first-order valence-electron chi connectivity index (χ1n) is 10.0. The summed E-state index contributed by atoms with van der Waals surface area (Å²) in [7, 11) is 1.06. The summed E-state index contributed by atoms with van der Waals surface area (Å²) in [6.45, 7) is 0.643. The minimum absolute atomic E-state index is 0.0251. The van der Waals surface area contributed by atoms with Crippen molar-refractivity contribution in [1.82, 2.24) is 0 Å². The minimum Gasteiger partial charge on any atom is -0.463 e. The smallest absolute Gasteiger partial charge is 0.416 e. The van der Waals surface area contributed by atoms with E-state index in [0.717, 1.165) is 25.3 Å². The zero-order valence-electron chi connectivity index (χ0n) is 17.1. The molecule has 0 amide bonds. The van der Waals surface area contributed by atoms with E-state index < -0.39 is 54.1 Å². The molecule has 1 atom stereocenters. The van der Waals surface area contributed by atoms with E-state index >= 15 is 8.78 Å². The summed E-state index contributed by atoms with van der Waals surface area (Å²) in [5.74, 6) is -5.83. The van der Waals surface area contributed by atoms with Crippen LogP contribution in [0.1, 0.15) is 40.9 Å². The molecule has 1 aromatic carbocycles. The fourth-order valence-corrected chi connectivity index (χ4v) is 4.11. The molecule has 2 aliphatic heterocycles. The molecule has 0 aliphatic carbocycles. The number of furan rings is 1. The average molecular weight is 464 g/mol. The van der Waals surface area contributed by atoms with Crippen LogP contribution in [0.3, 0.4) is 0 Å². The highest BCUT2D eigenvalue weighted by Crippen LogP contribution is 2.41. The summed E-state index contributed by atoms with van der Waals surface area (Å²) in [5, 5.41) is -0.0699. The number of esters is 1. The van der Waals surface area contributed by atoms with Crippen LogP contribution in [-0.4, -0.2) is 50.7 Å². The first-order chi connectivity index (χ1) is 15.0. The molecule has 0 radical (unpaired) electrons. The van der Waals surface area contributed by atoms with Crippen LogP contribution in [0.4, 0.5) is 22.0 Å². The van der Waals surface area contributed by atoms with E-state index in [4.69, 9.17) is 18.6 Å². The van der Waals surface area contributed by atoms with Gasteiger partial charge in [-0.1, -0.05) is 0 Å². The number of rotatable bonds is 5. The maximum atomic E-state index is 15.1. The SMILES string of the molecule is COC(=O)c1oc2ccc(C(F)(F)F)cc2c1CCC(F)(F)C1CC2(CCO1)OCCO2. The van der Waals surface area contributed by atoms with Crippen molar-refractivity contribution in [2.75, 3.05) is 26.9 Å². The number of hydrogen-bond acceptors (Lipinski definition) is 6.